The summed E-state index contributed by atoms with van der Waals surface area (Å²) >= 11 is 0. The van der Waals surface area contributed by atoms with E-state index in [-0.39, 0.29) is 0 Å². The van der Waals surface area contributed by atoms with Crippen molar-refractivity contribution in [3.05, 3.63) is 29.3 Å². The average molecular weight is 204 g/mol. The lowest BCUT2D eigenvalue weighted by Gasteiger charge is -2.09. The van der Waals surface area contributed by atoms with Crippen molar-refractivity contribution in [2.45, 2.75) is 25.7 Å². The van der Waals surface area contributed by atoms with Gasteiger partial charge in [-0.05, 0) is 37.6 Å². The molecule has 2 N–H and O–H groups in total. The molecule has 1 aromatic rings. The van der Waals surface area contributed by atoms with Gasteiger partial charge < -0.3 is 10.6 Å². The molecule has 1 heterocycles. The van der Waals surface area contributed by atoms with E-state index in [1.807, 2.05) is 7.05 Å². The van der Waals surface area contributed by atoms with Crippen molar-refractivity contribution in [1.82, 2.24) is 5.32 Å². The molecule has 0 amide bonds. The van der Waals surface area contributed by atoms with Gasteiger partial charge in [-0.1, -0.05) is 25.1 Å². The van der Waals surface area contributed by atoms with Crippen LogP contribution in [0.3, 0.4) is 0 Å². The summed E-state index contributed by atoms with van der Waals surface area (Å²) in [7, 11) is 2.01. The van der Waals surface area contributed by atoms with Crippen LogP contribution in [-0.4, -0.2) is 20.1 Å². The number of benzene rings is 1. The number of fused-ring (bicyclic) bond motifs is 1. The third-order valence-electron chi connectivity index (χ3n) is 3.17. The smallest absolute Gasteiger partial charge is 0.0408 e. The van der Waals surface area contributed by atoms with Crippen LogP contribution in [0, 0.1) is 0 Å². The first-order chi connectivity index (χ1) is 7.33. The molecule has 0 radical (unpaired) electrons. The van der Waals surface area contributed by atoms with E-state index in [0.717, 1.165) is 13.1 Å². The molecule has 2 heteroatoms. The maximum absolute atomic E-state index is 3.52. The molecule has 0 aromatic heterocycles. The second-order valence-corrected chi connectivity index (χ2v) is 4.37. The highest BCUT2D eigenvalue weighted by molar-refractivity contribution is 5.62. The Labute approximate surface area is 92.1 Å². The van der Waals surface area contributed by atoms with Crippen molar-refractivity contribution in [2.75, 3.05) is 25.5 Å². The molecule has 1 aliphatic rings. The highest BCUT2D eigenvalue weighted by Crippen LogP contribution is 2.34. The number of hydrogen-bond acceptors (Lipinski definition) is 2. The number of aryl methyl sites for hydroxylation is 1. The van der Waals surface area contributed by atoms with Gasteiger partial charge in [-0.25, -0.2) is 0 Å². The molecule has 1 aromatic carbocycles. The number of hydrogen-bond donors (Lipinski definition) is 2. The van der Waals surface area contributed by atoms with Gasteiger partial charge in [0.25, 0.3) is 0 Å². The fraction of sp³-hybridized carbons (Fsp3) is 0.538. The summed E-state index contributed by atoms with van der Waals surface area (Å²) in [4.78, 5) is 0. The van der Waals surface area contributed by atoms with E-state index >= 15 is 0 Å². The molecule has 0 saturated heterocycles. The van der Waals surface area contributed by atoms with Gasteiger partial charge >= 0.3 is 0 Å². The molecule has 0 fully saturated rings. The standard InChI is InChI=1S/C13H20N2/c1-10-9-15-13-11(6-4-8-14-2)5-3-7-12(10)13/h3,5,7,10,14-15H,4,6,8-9H2,1-2H3. The molecule has 82 valence electrons. The van der Waals surface area contributed by atoms with Crippen molar-refractivity contribution in [1.29, 1.82) is 0 Å². The van der Waals surface area contributed by atoms with Gasteiger partial charge in [-0.15, -0.1) is 0 Å². The van der Waals surface area contributed by atoms with E-state index in [1.165, 1.54) is 29.7 Å². The summed E-state index contributed by atoms with van der Waals surface area (Å²) in [6, 6.07) is 6.69. The van der Waals surface area contributed by atoms with E-state index in [0.29, 0.717) is 5.92 Å². The third kappa shape index (κ3) is 2.15. The Balaban J connectivity index is 2.12. The number of anilines is 1. The summed E-state index contributed by atoms with van der Waals surface area (Å²) in [6.07, 6.45) is 2.38. The van der Waals surface area contributed by atoms with Crippen LogP contribution in [-0.2, 0) is 6.42 Å². The maximum Gasteiger partial charge on any atom is 0.0408 e. The van der Waals surface area contributed by atoms with E-state index in [1.54, 1.807) is 0 Å². The van der Waals surface area contributed by atoms with Crippen molar-refractivity contribution >= 4 is 5.69 Å². The van der Waals surface area contributed by atoms with Gasteiger partial charge in [0.15, 0.2) is 0 Å². The molecule has 1 atom stereocenters. The minimum Gasteiger partial charge on any atom is -0.384 e. The second-order valence-electron chi connectivity index (χ2n) is 4.37. The Morgan fingerprint density at radius 1 is 1.47 bits per heavy atom. The molecule has 0 bridgehead atoms. The molecule has 0 saturated carbocycles. The lowest BCUT2D eigenvalue weighted by molar-refractivity contribution is 0.725. The van der Waals surface area contributed by atoms with Gasteiger partial charge in [0.05, 0.1) is 0 Å². The molecule has 2 rings (SSSR count). The van der Waals surface area contributed by atoms with Crippen molar-refractivity contribution in [2.24, 2.45) is 0 Å². The number of nitrogens with one attached hydrogen (secondary N) is 2. The quantitative estimate of drug-likeness (QED) is 0.736. The van der Waals surface area contributed by atoms with Gasteiger partial charge in [0, 0.05) is 18.2 Å². The lowest BCUT2D eigenvalue weighted by atomic mass is 9.99. The normalized spacial score (nSPS) is 18.7. The summed E-state index contributed by atoms with van der Waals surface area (Å²) in [5.41, 5.74) is 4.38. The Bertz CT molecular complexity index is 333. The minimum atomic E-state index is 0.671. The fourth-order valence-corrected chi connectivity index (χ4v) is 2.28. The van der Waals surface area contributed by atoms with E-state index in [9.17, 15) is 0 Å². The molecular formula is C13H20N2. The lowest BCUT2D eigenvalue weighted by Crippen LogP contribution is -2.08. The third-order valence-corrected chi connectivity index (χ3v) is 3.17. The average Bonchev–Trinajstić information content (AvgIpc) is 2.62. The molecule has 1 unspecified atom stereocenters. The van der Waals surface area contributed by atoms with E-state index in [2.05, 4.69) is 35.8 Å². The van der Waals surface area contributed by atoms with Crippen LogP contribution in [0.15, 0.2) is 18.2 Å². The van der Waals surface area contributed by atoms with Gasteiger partial charge in [0.1, 0.15) is 0 Å². The Morgan fingerprint density at radius 2 is 2.33 bits per heavy atom. The largest absolute Gasteiger partial charge is 0.384 e. The molecule has 15 heavy (non-hydrogen) atoms. The van der Waals surface area contributed by atoms with Crippen LogP contribution in [0.1, 0.15) is 30.4 Å². The van der Waals surface area contributed by atoms with Crippen LogP contribution in [0.5, 0.6) is 0 Å². The predicted molar refractivity (Wildman–Crippen MR) is 65.6 cm³/mol. The van der Waals surface area contributed by atoms with Crippen LogP contribution in [0.2, 0.25) is 0 Å². The first-order valence-electron chi connectivity index (χ1n) is 5.83. The number of rotatable bonds is 4. The Hall–Kier alpha value is -1.02. The highest BCUT2D eigenvalue weighted by Gasteiger charge is 2.19. The summed E-state index contributed by atoms with van der Waals surface area (Å²) in [6.45, 7) is 4.48. The van der Waals surface area contributed by atoms with Crippen molar-refractivity contribution in [3.8, 4) is 0 Å². The first kappa shape index (κ1) is 10.5. The van der Waals surface area contributed by atoms with E-state index < -0.39 is 0 Å². The summed E-state index contributed by atoms with van der Waals surface area (Å²) in [5.74, 6) is 0.671. The van der Waals surface area contributed by atoms with Crippen LogP contribution < -0.4 is 10.6 Å². The zero-order valence-electron chi connectivity index (χ0n) is 9.64. The highest BCUT2D eigenvalue weighted by atomic mass is 14.9. The molecular weight excluding hydrogens is 184 g/mol. The maximum atomic E-state index is 3.52. The molecule has 0 aliphatic carbocycles. The molecule has 2 nitrogen and oxygen atoms in total. The Kier molecular flexibility index (Phi) is 3.27. The summed E-state index contributed by atoms with van der Waals surface area (Å²) in [5, 5.41) is 6.72. The first-order valence-corrected chi connectivity index (χ1v) is 5.83. The monoisotopic (exact) mass is 204 g/mol. The van der Waals surface area contributed by atoms with Crippen LogP contribution >= 0.6 is 0 Å². The number of para-hydroxylation sites is 1. The topological polar surface area (TPSA) is 24.1 Å². The summed E-state index contributed by atoms with van der Waals surface area (Å²) < 4.78 is 0. The Morgan fingerprint density at radius 3 is 3.13 bits per heavy atom. The molecule has 0 spiro atoms. The zero-order chi connectivity index (χ0) is 10.7. The van der Waals surface area contributed by atoms with Gasteiger partial charge in [-0.2, -0.15) is 0 Å². The van der Waals surface area contributed by atoms with Gasteiger partial charge in [0.2, 0.25) is 0 Å². The van der Waals surface area contributed by atoms with Gasteiger partial charge in [-0.3, -0.25) is 0 Å². The van der Waals surface area contributed by atoms with Crippen LogP contribution in [0.25, 0.3) is 0 Å². The SMILES string of the molecule is CNCCCc1cccc2c1NCC2C. The van der Waals surface area contributed by atoms with E-state index in [4.69, 9.17) is 0 Å². The van der Waals surface area contributed by atoms with Crippen LogP contribution in [0.4, 0.5) is 5.69 Å². The van der Waals surface area contributed by atoms with Crippen molar-refractivity contribution in [3.63, 3.8) is 0 Å². The second kappa shape index (κ2) is 4.67. The predicted octanol–water partition coefficient (Wildman–Crippen LogP) is 2.37. The zero-order valence-corrected chi connectivity index (χ0v) is 9.64. The molecule has 1 aliphatic heterocycles. The fourth-order valence-electron chi connectivity index (χ4n) is 2.28. The minimum absolute atomic E-state index is 0.671. The van der Waals surface area contributed by atoms with Crippen molar-refractivity contribution < 1.29 is 0 Å².